The normalized spacial score (nSPS) is 10.7. The highest BCUT2D eigenvalue weighted by molar-refractivity contribution is 5.55. The summed E-state index contributed by atoms with van der Waals surface area (Å²) in [5.41, 5.74) is 3.52. The first-order chi connectivity index (χ1) is 12.7. The van der Waals surface area contributed by atoms with E-state index in [-0.39, 0.29) is 0 Å². The van der Waals surface area contributed by atoms with E-state index in [9.17, 15) is 0 Å². The van der Waals surface area contributed by atoms with E-state index in [4.69, 9.17) is 4.74 Å². The van der Waals surface area contributed by atoms with Crippen LogP contribution in [0.1, 0.15) is 11.3 Å². The third kappa shape index (κ3) is 3.14. The molecule has 0 N–H and O–H groups in total. The molecule has 0 amide bonds. The van der Waals surface area contributed by atoms with Crippen molar-refractivity contribution in [2.45, 2.75) is 13.8 Å². The molecule has 0 aliphatic rings. The summed E-state index contributed by atoms with van der Waals surface area (Å²) in [6.07, 6.45) is 6.85. The van der Waals surface area contributed by atoms with Crippen LogP contribution >= 0.6 is 0 Å². The minimum absolute atomic E-state index is 0.528. The molecule has 0 radical (unpaired) electrons. The zero-order valence-electron chi connectivity index (χ0n) is 14.4. The number of hydrogen-bond donors (Lipinski definition) is 0. The second-order valence-corrected chi connectivity index (χ2v) is 5.75. The van der Waals surface area contributed by atoms with Gasteiger partial charge in [0.05, 0.1) is 18.1 Å². The largest absolute Gasteiger partial charge is 0.439 e. The van der Waals surface area contributed by atoms with E-state index in [0.717, 1.165) is 22.5 Å². The summed E-state index contributed by atoms with van der Waals surface area (Å²) in [5.74, 6) is 1.80. The molecule has 4 rings (SSSR count). The molecule has 1 aromatic carbocycles. The summed E-state index contributed by atoms with van der Waals surface area (Å²) in [6.45, 7) is 3.89. The molecule has 0 spiro atoms. The number of nitrogens with zero attached hydrogens (tertiary/aromatic N) is 6. The van der Waals surface area contributed by atoms with E-state index in [1.54, 1.807) is 29.5 Å². The third-order valence-electron chi connectivity index (χ3n) is 4.00. The predicted molar refractivity (Wildman–Crippen MR) is 96.2 cm³/mol. The van der Waals surface area contributed by atoms with E-state index in [1.807, 2.05) is 50.2 Å². The van der Waals surface area contributed by atoms with E-state index in [1.165, 1.54) is 0 Å². The summed E-state index contributed by atoms with van der Waals surface area (Å²) in [4.78, 5) is 13.2. The van der Waals surface area contributed by atoms with Crippen molar-refractivity contribution >= 4 is 0 Å². The van der Waals surface area contributed by atoms with Gasteiger partial charge in [-0.15, -0.1) is 5.10 Å². The molecule has 0 saturated heterocycles. The van der Waals surface area contributed by atoms with Crippen molar-refractivity contribution in [1.82, 2.24) is 29.9 Å². The van der Waals surface area contributed by atoms with Crippen LogP contribution in [-0.2, 0) is 0 Å². The number of pyridine rings is 1. The molecule has 7 nitrogen and oxygen atoms in total. The molecular formula is C19H16N6O. The van der Waals surface area contributed by atoms with Crippen molar-refractivity contribution in [1.29, 1.82) is 0 Å². The van der Waals surface area contributed by atoms with Gasteiger partial charge in [0.25, 0.3) is 0 Å². The minimum atomic E-state index is 0.528. The van der Waals surface area contributed by atoms with Crippen molar-refractivity contribution in [2.75, 3.05) is 0 Å². The first kappa shape index (κ1) is 15.9. The third-order valence-corrected chi connectivity index (χ3v) is 4.00. The molecule has 0 fully saturated rings. The fraction of sp³-hybridized carbons (Fsp3) is 0.105. The molecule has 4 aromatic rings. The Balaban J connectivity index is 1.70. The highest BCUT2D eigenvalue weighted by atomic mass is 16.5. The maximum Gasteiger partial charge on any atom is 0.226 e. The highest BCUT2D eigenvalue weighted by Crippen LogP contribution is 2.28. The van der Waals surface area contributed by atoms with Gasteiger partial charge in [0.2, 0.25) is 5.88 Å². The van der Waals surface area contributed by atoms with Crippen LogP contribution in [0, 0.1) is 13.8 Å². The minimum Gasteiger partial charge on any atom is -0.439 e. The smallest absolute Gasteiger partial charge is 0.226 e. The van der Waals surface area contributed by atoms with Crippen molar-refractivity contribution in [3.63, 3.8) is 0 Å². The van der Waals surface area contributed by atoms with Crippen LogP contribution in [0.25, 0.3) is 17.1 Å². The molecule has 3 heterocycles. The van der Waals surface area contributed by atoms with Gasteiger partial charge in [0, 0.05) is 35.3 Å². The van der Waals surface area contributed by atoms with Crippen LogP contribution in [0.15, 0.2) is 61.2 Å². The topological polar surface area (TPSA) is 78.6 Å². The lowest BCUT2D eigenvalue weighted by Gasteiger charge is -2.12. The standard InChI is InChI=1S/C19H16N6O/c1-13-14(2)22-18(15-6-8-20-9-7-15)23-19(13)26-17-5-3-4-16(12-17)25-11-10-21-24-25/h3-12H,1-2H3. The number of ether oxygens (including phenoxy) is 1. The van der Waals surface area contributed by atoms with Crippen LogP contribution in [0.2, 0.25) is 0 Å². The molecule has 3 aromatic heterocycles. The van der Waals surface area contributed by atoms with Gasteiger partial charge in [0.15, 0.2) is 5.82 Å². The van der Waals surface area contributed by atoms with Gasteiger partial charge in [-0.2, -0.15) is 4.98 Å². The maximum atomic E-state index is 6.06. The van der Waals surface area contributed by atoms with Crippen LogP contribution in [-0.4, -0.2) is 29.9 Å². The number of benzene rings is 1. The Bertz CT molecular complexity index is 1030. The van der Waals surface area contributed by atoms with Crippen molar-refractivity contribution in [2.24, 2.45) is 0 Å². The molecular weight excluding hydrogens is 328 g/mol. The van der Waals surface area contributed by atoms with Crippen molar-refractivity contribution in [3.8, 4) is 28.7 Å². The van der Waals surface area contributed by atoms with E-state index >= 15 is 0 Å². The first-order valence-electron chi connectivity index (χ1n) is 8.11. The van der Waals surface area contributed by atoms with E-state index < -0.39 is 0 Å². The Kier molecular flexibility index (Phi) is 4.10. The Morgan fingerprint density at radius 1 is 0.962 bits per heavy atom. The zero-order valence-corrected chi connectivity index (χ0v) is 14.4. The lowest BCUT2D eigenvalue weighted by Crippen LogP contribution is -2.01. The van der Waals surface area contributed by atoms with Gasteiger partial charge in [-0.05, 0) is 38.1 Å². The molecule has 0 atom stereocenters. The average Bonchev–Trinajstić information content (AvgIpc) is 3.21. The maximum absolute atomic E-state index is 6.06. The predicted octanol–water partition coefficient (Wildman–Crippen LogP) is 3.53. The quantitative estimate of drug-likeness (QED) is 0.563. The molecule has 0 aliphatic heterocycles. The number of rotatable bonds is 4. The molecule has 26 heavy (non-hydrogen) atoms. The van der Waals surface area contributed by atoms with Crippen LogP contribution in [0.5, 0.6) is 11.6 Å². The van der Waals surface area contributed by atoms with Gasteiger partial charge in [0.1, 0.15) is 5.75 Å². The summed E-state index contributed by atoms with van der Waals surface area (Å²) >= 11 is 0. The van der Waals surface area contributed by atoms with Crippen molar-refractivity contribution < 1.29 is 4.74 Å². The molecule has 0 aliphatic carbocycles. The number of aryl methyl sites for hydroxylation is 1. The zero-order chi connectivity index (χ0) is 17.9. The van der Waals surface area contributed by atoms with Gasteiger partial charge in [-0.1, -0.05) is 11.3 Å². The van der Waals surface area contributed by atoms with Gasteiger partial charge < -0.3 is 4.74 Å². The second kappa shape index (κ2) is 6.72. The Labute approximate surface area is 150 Å². The van der Waals surface area contributed by atoms with Gasteiger partial charge >= 0.3 is 0 Å². The van der Waals surface area contributed by atoms with Crippen LogP contribution < -0.4 is 4.74 Å². The molecule has 7 heteroatoms. The molecule has 0 bridgehead atoms. The Hall–Kier alpha value is -3.61. The number of aromatic nitrogens is 6. The monoisotopic (exact) mass is 344 g/mol. The Morgan fingerprint density at radius 2 is 1.81 bits per heavy atom. The van der Waals surface area contributed by atoms with E-state index in [0.29, 0.717) is 17.5 Å². The van der Waals surface area contributed by atoms with Crippen LogP contribution in [0.4, 0.5) is 0 Å². The molecule has 0 unspecified atom stereocenters. The Morgan fingerprint density at radius 3 is 2.58 bits per heavy atom. The van der Waals surface area contributed by atoms with Crippen LogP contribution in [0.3, 0.4) is 0 Å². The lowest BCUT2D eigenvalue weighted by atomic mass is 10.2. The molecule has 128 valence electrons. The summed E-state index contributed by atoms with van der Waals surface area (Å²) in [7, 11) is 0. The molecule has 0 saturated carbocycles. The summed E-state index contributed by atoms with van der Waals surface area (Å²) < 4.78 is 7.74. The summed E-state index contributed by atoms with van der Waals surface area (Å²) in [6, 6.07) is 11.3. The fourth-order valence-electron chi connectivity index (χ4n) is 2.48. The average molecular weight is 344 g/mol. The lowest BCUT2D eigenvalue weighted by molar-refractivity contribution is 0.457. The summed E-state index contributed by atoms with van der Waals surface area (Å²) in [5, 5.41) is 7.83. The van der Waals surface area contributed by atoms with Gasteiger partial charge in [-0.3, -0.25) is 4.98 Å². The van der Waals surface area contributed by atoms with Crippen molar-refractivity contribution in [3.05, 3.63) is 72.4 Å². The first-order valence-corrected chi connectivity index (χ1v) is 8.11. The SMILES string of the molecule is Cc1nc(-c2ccncc2)nc(Oc2cccc(-n3ccnn3)c2)c1C. The fourth-order valence-corrected chi connectivity index (χ4v) is 2.48. The van der Waals surface area contributed by atoms with Gasteiger partial charge in [-0.25, -0.2) is 9.67 Å². The second-order valence-electron chi connectivity index (χ2n) is 5.75. The number of hydrogen-bond acceptors (Lipinski definition) is 6. The highest BCUT2D eigenvalue weighted by Gasteiger charge is 2.12. The van der Waals surface area contributed by atoms with E-state index in [2.05, 4.69) is 25.3 Å².